The van der Waals surface area contributed by atoms with Crippen LogP contribution >= 0.6 is 11.6 Å². The molecule has 0 bridgehead atoms. The Hall–Kier alpha value is -2.64. The van der Waals surface area contributed by atoms with Crippen molar-refractivity contribution >= 4 is 29.1 Å². The molecule has 3 rings (SSSR count). The minimum atomic E-state index is -0.766. The first-order valence-electron chi connectivity index (χ1n) is 7.58. The van der Waals surface area contributed by atoms with Crippen molar-refractivity contribution in [3.05, 3.63) is 63.2 Å². The standard InChI is InChI=1S/C17H15ClN2O5/c1-10(2)24-16-12-5-3-4-6-15(12)25-17(21)19(16)11-7-8-13(18)14(9-11)20(22)23/h3-10,16H,1-2H3. The van der Waals surface area contributed by atoms with E-state index in [9.17, 15) is 14.9 Å². The van der Waals surface area contributed by atoms with E-state index in [0.29, 0.717) is 11.3 Å². The molecule has 130 valence electrons. The van der Waals surface area contributed by atoms with Crippen molar-refractivity contribution in [3.8, 4) is 5.75 Å². The largest absolute Gasteiger partial charge is 0.422 e. The molecular weight excluding hydrogens is 348 g/mol. The van der Waals surface area contributed by atoms with Crippen molar-refractivity contribution in [1.29, 1.82) is 0 Å². The van der Waals surface area contributed by atoms with Gasteiger partial charge in [0.1, 0.15) is 10.8 Å². The Bertz CT molecular complexity index is 840. The molecule has 1 unspecified atom stereocenters. The lowest BCUT2D eigenvalue weighted by atomic mass is 10.1. The maximum Gasteiger partial charge on any atom is 0.422 e. The van der Waals surface area contributed by atoms with Gasteiger partial charge in [-0.2, -0.15) is 0 Å². The minimum absolute atomic E-state index is 0.0131. The van der Waals surface area contributed by atoms with Crippen LogP contribution in [0.3, 0.4) is 0 Å². The first-order chi connectivity index (χ1) is 11.9. The number of nitro groups is 1. The molecular formula is C17H15ClN2O5. The monoisotopic (exact) mass is 362 g/mol. The lowest BCUT2D eigenvalue weighted by molar-refractivity contribution is -0.384. The molecule has 0 spiro atoms. The number of carbonyl (C=O) groups excluding carboxylic acids is 1. The van der Waals surface area contributed by atoms with Crippen molar-refractivity contribution in [2.24, 2.45) is 0 Å². The van der Waals surface area contributed by atoms with E-state index < -0.39 is 17.2 Å². The summed E-state index contributed by atoms with van der Waals surface area (Å²) < 4.78 is 11.3. The van der Waals surface area contributed by atoms with E-state index in [1.807, 2.05) is 13.8 Å². The second-order valence-electron chi connectivity index (χ2n) is 5.71. The van der Waals surface area contributed by atoms with Gasteiger partial charge in [0, 0.05) is 11.6 Å². The van der Waals surface area contributed by atoms with E-state index in [0.717, 1.165) is 0 Å². The molecule has 0 aromatic heterocycles. The number of rotatable bonds is 4. The third-order valence-electron chi connectivity index (χ3n) is 3.62. The summed E-state index contributed by atoms with van der Waals surface area (Å²) in [6.45, 7) is 3.68. The fraction of sp³-hybridized carbons (Fsp3) is 0.235. The minimum Gasteiger partial charge on any atom is -0.409 e. The number of nitrogens with zero attached hydrogens (tertiary/aromatic N) is 2. The lowest BCUT2D eigenvalue weighted by Crippen LogP contribution is -2.43. The van der Waals surface area contributed by atoms with Crippen molar-refractivity contribution in [2.45, 2.75) is 26.2 Å². The van der Waals surface area contributed by atoms with Crippen LogP contribution in [-0.4, -0.2) is 17.1 Å². The Kier molecular flexibility index (Phi) is 4.61. The first kappa shape index (κ1) is 17.2. The van der Waals surface area contributed by atoms with Gasteiger partial charge in [-0.15, -0.1) is 0 Å². The molecule has 1 atom stereocenters. The van der Waals surface area contributed by atoms with Crippen LogP contribution in [-0.2, 0) is 4.74 Å². The smallest absolute Gasteiger partial charge is 0.409 e. The van der Waals surface area contributed by atoms with E-state index in [1.54, 1.807) is 24.3 Å². The number of halogens is 1. The van der Waals surface area contributed by atoms with Gasteiger partial charge < -0.3 is 9.47 Å². The van der Waals surface area contributed by atoms with Gasteiger partial charge in [0.15, 0.2) is 6.23 Å². The van der Waals surface area contributed by atoms with Crippen LogP contribution in [0.4, 0.5) is 16.2 Å². The van der Waals surface area contributed by atoms with Gasteiger partial charge in [-0.25, -0.2) is 9.69 Å². The fourth-order valence-electron chi connectivity index (χ4n) is 2.58. The summed E-state index contributed by atoms with van der Waals surface area (Å²) in [5.74, 6) is 0.401. The van der Waals surface area contributed by atoms with Gasteiger partial charge in [-0.1, -0.05) is 29.8 Å². The Morgan fingerprint density at radius 1 is 1.28 bits per heavy atom. The topological polar surface area (TPSA) is 81.9 Å². The lowest BCUT2D eigenvalue weighted by Gasteiger charge is -2.36. The third kappa shape index (κ3) is 3.29. The van der Waals surface area contributed by atoms with Gasteiger partial charge in [0.25, 0.3) is 5.69 Å². The number of nitro benzene ring substituents is 1. The number of para-hydroxylation sites is 1. The quantitative estimate of drug-likeness (QED) is 0.582. The molecule has 1 aliphatic rings. The highest BCUT2D eigenvalue weighted by Gasteiger charge is 2.37. The van der Waals surface area contributed by atoms with Gasteiger partial charge in [-0.05, 0) is 32.0 Å². The van der Waals surface area contributed by atoms with E-state index in [2.05, 4.69) is 0 Å². The fourth-order valence-corrected chi connectivity index (χ4v) is 2.77. The zero-order valence-electron chi connectivity index (χ0n) is 13.5. The number of benzene rings is 2. The first-order valence-corrected chi connectivity index (χ1v) is 7.95. The van der Waals surface area contributed by atoms with Gasteiger partial charge in [0.2, 0.25) is 0 Å². The van der Waals surface area contributed by atoms with Crippen molar-refractivity contribution < 1.29 is 19.2 Å². The summed E-state index contributed by atoms with van der Waals surface area (Å²) in [5, 5.41) is 11.1. The molecule has 8 heteroatoms. The molecule has 2 aromatic rings. The normalized spacial score (nSPS) is 16.6. The van der Waals surface area contributed by atoms with E-state index in [-0.39, 0.29) is 22.5 Å². The van der Waals surface area contributed by atoms with E-state index in [4.69, 9.17) is 21.1 Å². The Balaban J connectivity index is 2.11. The van der Waals surface area contributed by atoms with E-state index in [1.165, 1.54) is 23.1 Å². The molecule has 25 heavy (non-hydrogen) atoms. The average Bonchev–Trinajstić information content (AvgIpc) is 2.55. The summed E-state index contributed by atoms with van der Waals surface area (Å²) in [7, 11) is 0. The summed E-state index contributed by atoms with van der Waals surface area (Å²) >= 11 is 5.86. The van der Waals surface area contributed by atoms with Crippen LogP contribution < -0.4 is 9.64 Å². The Morgan fingerprint density at radius 2 is 2.00 bits per heavy atom. The molecule has 2 aromatic carbocycles. The predicted molar refractivity (Wildman–Crippen MR) is 92.0 cm³/mol. The number of hydrogen-bond donors (Lipinski definition) is 0. The molecule has 1 amide bonds. The van der Waals surface area contributed by atoms with Crippen molar-refractivity contribution in [2.75, 3.05) is 4.90 Å². The molecule has 0 saturated heterocycles. The Labute approximate surface area is 148 Å². The highest BCUT2D eigenvalue weighted by Crippen LogP contribution is 2.40. The van der Waals surface area contributed by atoms with E-state index >= 15 is 0 Å². The van der Waals surface area contributed by atoms with Crippen LogP contribution in [0.15, 0.2) is 42.5 Å². The van der Waals surface area contributed by atoms with Gasteiger partial charge in [-0.3, -0.25) is 10.1 Å². The molecule has 0 fully saturated rings. The highest BCUT2D eigenvalue weighted by atomic mass is 35.5. The second-order valence-corrected chi connectivity index (χ2v) is 6.11. The van der Waals surface area contributed by atoms with Gasteiger partial charge >= 0.3 is 6.09 Å². The average molecular weight is 363 g/mol. The van der Waals surface area contributed by atoms with Crippen LogP contribution in [0.2, 0.25) is 5.02 Å². The molecule has 1 aliphatic heterocycles. The van der Waals surface area contributed by atoms with Crippen molar-refractivity contribution in [3.63, 3.8) is 0 Å². The molecule has 0 saturated carbocycles. The predicted octanol–water partition coefficient (Wildman–Crippen LogP) is 4.69. The second kappa shape index (κ2) is 6.70. The summed E-state index contributed by atoms with van der Waals surface area (Å²) in [4.78, 5) is 24.3. The van der Waals surface area contributed by atoms with Crippen LogP contribution in [0.25, 0.3) is 0 Å². The zero-order valence-corrected chi connectivity index (χ0v) is 14.3. The van der Waals surface area contributed by atoms with Crippen LogP contribution in [0, 0.1) is 10.1 Å². The third-order valence-corrected chi connectivity index (χ3v) is 3.94. The summed E-state index contributed by atoms with van der Waals surface area (Å²) in [6.07, 6.45) is -1.63. The van der Waals surface area contributed by atoms with Crippen molar-refractivity contribution in [1.82, 2.24) is 0 Å². The number of amides is 1. The highest BCUT2D eigenvalue weighted by molar-refractivity contribution is 6.32. The molecule has 0 aliphatic carbocycles. The zero-order chi connectivity index (χ0) is 18.1. The van der Waals surface area contributed by atoms with Crippen LogP contribution in [0.1, 0.15) is 25.6 Å². The number of carbonyl (C=O) groups is 1. The summed E-state index contributed by atoms with van der Waals surface area (Å²) in [6, 6.07) is 11.1. The van der Waals surface area contributed by atoms with Crippen LogP contribution in [0.5, 0.6) is 5.75 Å². The molecule has 0 radical (unpaired) electrons. The maximum atomic E-state index is 12.5. The van der Waals surface area contributed by atoms with Gasteiger partial charge in [0.05, 0.1) is 16.7 Å². The number of ether oxygens (including phenoxy) is 2. The number of hydrogen-bond acceptors (Lipinski definition) is 5. The molecule has 7 nitrogen and oxygen atoms in total. The summed E-state index contributed by atoms with van der Waals surface area (Å²) in [5.41, 5.74) is 0.628. The Morgan fingerprint density at radius 3 is 2.68 bits per heavy atom. The molecule has 0 N–H and O–H groups in total. The number of anilines is 1. The maximum absolute atomic E-state index is 12.5. The SMILES string of the molecule is CC(C)OC1c2ccccc2OC(=O)N1c1ccc(Cl)c([N+](=O)[O-])c1. The number of fused-ring (bicyclic) bond motifs is 1. The molecule has 1 heterocycles.